The molecule has 116 valence electrons. The molecule has 0 bridgehead atoms. The molecule has 23 heavy (non-hydrogen) atoms. The van der Waals surface area contributed by atoms with Crippen LogP contribution in [0.25, 0.3) is 0 Å². The number of hydrogen-bond acceptors (Lipinski definition) is 4. The van der Waals surface area contributed by atoms with E-state index in [9.17, 15) is 14.4 Å². The number of rotatable bonds is 3. The second-order valence-electron chi connectivity index (χ2n) is 5.53. The second kappa shape index (κ2) is 5.47. The van der Waals surface area contributed by atoms with Crippen molar-refractivity contribution in [3.05, 3.63) is 70.8 Å². The zero-order chi connectivity index (χ0) is 16.6. The molecule has 0 amide bonds. The number of fused-ring (bicyclic) bond motifs is 1. The monoisotopic (exact) mass is 308 g/mol. The first-order valence-corrected chi connectivity index (χ1v) is 7.48. The summed E-state index contributed by atoms with van der Waals surface area (Å²) in [4.78, 5) is 37.5. The van der Waals surface area contributed by atoms with Crippen molar-refractivity contribution in [2.45, 2.75) is 25.9 Å². The minimum atomic E-state index is -1.90. The molecule has 3 rings (SSSR count). The molecule has 0 aliphatic heterocycles. The standard InChI is InChI=1S/C19H16O4/c1-3-13-8-10-14(11-9-13)19(23-12(2)20)17(21)15-6-4-5-7-16(15)18(19)22/h4-11H,3H2,1-2H3. The normalized spacial score (nSPS) is 15.4. The SMILES string of the molecule is CCc1ccc(C2(OC(C)=O)C(=O)c3ccccc3C2=O)cc1. The Hall–Kier alpha value is -2.75. The predicted octanol–water partition coefficient (Wildman–Crippen LogP) is 3.09. The number of aryl methyl sites for hydroxylation is 1. The van der Waals surface area contributed by atoms with Crippen LogP contribution in [-0.4, -0.2) is 17.5 Å². The molecule has 0 radical (unpaired) electrons. The lowest BCUT2D eigenvalue weighted by atomic mass is 9.87. The lowest BCUT2D eigenvalue weighted by molar-refractivity contribution is -0.149. The van der Waals surface area contributed by atoms with Gasteiger partial charge in [0.25, 0.3) is 5.60 Å². The number of hydrogen-bond donors (Lipinski definition) is 0. The minimum absolute atomic E-state index is 0.290. The van der Waals surface area contributed by atoms with Crippen molar-refractivity contribution in [3.63, 3.8) is 0 Å². The molecule has 0 N–H and O–H groups in total. The van der Waals surface area contributed by atoms with E-state index in [0.717, 1.165) is 12.0 Å². The van der Waals surface area contributed by atoms with Crippen molar-refractivity contribution in [1.82, 2.24) is 0 Å². The summed E-state index contributed by atoms with van der Waals surface area (Å²) in [5, 5.41) is 0. The molecule has 0 fully saturated rings. The van der Waals surface area contributed by atoms with Gasteiger partial charge in [-0.25, -0.2) is 0 Å². The molecule has 0 heterocycles. The van der Waals surface area contributed by atoms with Crippen LogP contribution in [0.1, 0.15) is 45.7 Å². The largest absolute Gasteiger partial charge is 0.437 e. The van der Waals surface area contributed by atoms with Crippen LogP contribution in [0.4, 0.5) is 0 Å². The summed E-state index contributed by atoms with van der Waals surface area (Å²) in [5.41, 5.74) is 0.136. The molecule has 4 heteroatoms. The van der Waals surface area contributed by atoms with Gasteiger partial charge in [-0.1, -0.05) is 55.5 Å². The van der Waals surface area contributed by atoms with Gasteiger partial charge in [0.05, 0.1) is 0 Å². The maximum absolute atomic E-state index is 12.9. The summed E-state index contributed by atoms with van der Waals surface area (Å²) in [6.45, 7) is 3.21. The van der Waals surface area contributed by atoms with Crippen molar-refractivity contribution in [2.24, 2.45) is 0 Å². The molecule has 0 saturated carbocycles. The predicted molar refractivity (Wildman–Crippen MR) is 84.4 cm³/mol. The Morgan fingerprint density at radius 3 is 1.91 bits per heavy atom. The Balaban J connectivity index is 2.21. The fourth-order valence-corrected chi connectivity index (χ4v) is 2.97. The number of ether oxygens (including phenoxy) is 1. The zero-order valence-corrected chi connectivity index (χ0v) is 13.0. The van der Waals surface area contributed by atoms with Crippen molar-refractivity contribution in [3.8, 4) is 0 Å². The first-order chi connectivity index (χ1) is 11.0. The minimum Gasteiger partial charge on any atom is -0.437 e. The van der Waals surface area contributed by atoms with Gasteiger partial charge in [-0.05, 0) is 12.0 Å². The van der Waals surface area contributed by atoms with Gasteiger partial charge in [0.15, 0.2) is 0 Å². The third-order valence-electron chi connectivity index (χ3n) is 4.12. The number of ketones is 2. The van der Waals surface area contributed by atoms with Gasteiger partial charge in [0, 0.05) is 23.6 Å². The van der Waals surface area contributed by atoms with E-state index in [1.807, 2.05) is 19.1 Å². The molecular weight excluding hydrogens is 292 g/mol. The highest BCUT2D eigenvalue weighted by Crippen LogP contribution is 2.41. The van der Waals surface area contributed by atoms with Gasteiger partial charge in [-0.2, -0.15) is 0 Å². The van der Waals surface area contributed by atoms with Crippen LogP contribution in [0.2, 0.25) is 0 Å². The highest BCUT2D eigenvalue weighted by atomic mass is 16.6. The Morgan fingerprint density at radius 1 is 0.957 bits per heavy atom. The maximum atomic E-state index is 12.9. The Labute approximate surface area is 134 Å². The number of Topliss-reactive ketones (excluding diaryl/α,β-unsaturated/α-hetero) is 2. The van der Waals surface area contributed by atoms with Crippen molar-refractivity contribution in [1.29, 1.82) is 0 Å². The van der Waals surface area contributed by atoms with Crippen molar-refractivity contribution < 1.29 is 19.1 Å². The first kappa shape index (κ1) is 15.2. The molecule has 0 spiro atoms. The van der Waals surface area contributed by atoms with E-state index in [1.165, 1.54) is 6.92 Å². The summed E-state index contributed by atoms with van der Waals surface area (Å²) in [6.07, 6.45) is 0.836. The van der Waals surface area contributed by atoms with Gasteiger partial charge in [-0.3, -0.25) is 14.4 Å². The van der Waals surface area contributed by atoms with E-state index < -0.39 is 23.1 Å². The Bertz CT molecular complexity index is 767. The molecule has 2 aromatic rings. The van der Waals surface area contributed by atoms with E-state index in [0.29, 0.717) is 16.7 Å². The van der Waals surface area contributed by atoms with Gasteiger partial charge >= 0.3 is 5.97 Å². The molecule has 0 saturated heterocycles. The van der Waals surface area contributed by atoms with Gasteiger partial charge in [0.1, 0.15) is 0 Å². The average Bonchev–Trinajstić information content (AvgIpc) is 2.78. The number of carbonyl (C=O) groups is 3. The fourth-order valence-electron chi connectivity index (χ4n) is 2.97. The average molecular weight is 308 g/mol. The van der Waals surface area contributed by atoms with Gasteiger partial charge < -0.3 is 4.74 Å². The van der Waals surface area contributed by atoms with E-state index in [4.69, 9.17) is 4.74 Å². The quantitative estimate of drug-likeness (QED) is 0.646. The summed E-state index contributed by atoms with van der Waals surface area (Å²) < 4.78 is 5.33. The van der Waals surface area contributed by atoms with Crippen LogP contribution < -0.4 is 0 Å². The fraction of sp³-hybridized carbons (Fsp3) is 0.211. The van der Waals surface area contributed by atoms with E-state index >= 15 is 0 Å². The highest BCUT2D eigenvalue weighted by Gasteiger charge is 2.57. The summed E-state index contributed by atoms with van der Waals surface area (Å²) >= 11 is 0. The van der Waals surface area contributed by atoms with Crippen LogP contribution in [-0.2, 0) is 21.6 Å². The summed E-state index contributed by atoms with van der Waals surface area (Å²) in [5.74, 6) is -1.64. The third-order valence-corrected chi connectivity index (χ3v) is 4.12. The van der Waals surface area contributed by atoms with E-state index in [2.05, 4.69) is 0 Å². The topological polar surface area (TPSA) is 60.4 Å². The summed E-state index contributed by atoms with van der Waals surface area (Å²) in [7, 11) is 0. The molecule has 4 nitrogen and oxygen atoms in total. The zero-order valence-electron chi connectivity index (χ0n) is 13.0. The van der Waals surface area contributed by atoms with E-state index in [1.54, 1.807) is 36.4 Å². The molecular formula is C19H16O4. The molecule has 2 aromatic carbocycles. The van der Waals surface area contributed by atoms with Gasteiger partial charge in [-0.15, -0.1) is 0 Å². The molecule has 0 aromatic heterocycles. The van der Waals surface area contributed by atoms with Crippen molar-refractivity contribution >= 4 is 17.5 Å². The van der Waals surface area contributed by atoms with Crippen molar-refractivity contribution in [2.75, 3.05) is 0 Å². The van der Waals surface area contributed by atoms with Crippen LogP contribution in [0.15, 0.2) is 48.5 Å². The van der Waals surface area contributed by atoms with E-state index in [-0.39, 0.29) is 0 Å². The Kier molecular flexibility index (Phi) is 3.60. The number of esters is 1. The maximum Gasteiger partial charge on any atom is 0.304 e. The number of carbonyl (C=O) groups excluding carboxylic acids is 3. The van der Waals surface area contributed by atoms with Gasteiger partial charge in [0.2, 0.25) is 11.6 Å². The lowest BCUT2D eigenvalue weighted by Crippen LogP contribution is -2.42. The molecule has 1 aliphatic carbocycles. The van der Waals surface area contributed by atoms with Crippen LogP contribution in [0.5, 0.6) is 0 Å². The molecule has 0 unspecified atom stereocenters. The van der Waals surface area contributed by atoms with Crippen LogP contribution >= 0.6 is 0 Å². The molecule has 0 atom stereocenters. The lowest BCUT2D eigenvalue weighted by Gasteiger charge is -2.26. The van der Waals surface area contributed by atoms with Crippen LogP contribution in [0.3, 0.4) is 0 Å². The smallest absolute Gasteiger partial charge is 0.304 e. The molecule has 1 aliphatic rings. The first-order valence-electron chi connectivity index (χ1n) is 7.48. The van der Waals surface area contributed by atoms with Crippen LogP contribution in [0, 0.1) is 0 Å². The Morgan fingerprint density at radius 2 is 1.48 bits per heavy atom. The summed E-state index contributed by atoms with van der Waals surface area (Å²) in [6, 6.07) is 13.6. The second-order valence-corrected chi connectivity index (χ2v) is 5.53. The number of benzene rings is 2. The third kappa shape index (κ3) is 2.18. The highest BCUT2D eigenvalue weighted by molar-refractivity contribution is 6.32.